The Kier molecular flexibility index (Phi) is 1.45. The van der Waals surface area contributed by atoms with E-state index in [1.807, 2.05) is 0 Å². The Hall–Kier alpha value is -0.610. The number of carbonyl (C=O) groups excluding carboxylic acids is 1. The molecule has 0 radical (unpaired) electrons. The summed E-state index contributed by atoms with van der Waals surface area (Å²) in [7, 11) is 0. The number of carbonyl (C=O) groups is 1. The number of hydrogen-bond donors (Lipinski definition) is 2. The molecule has 1 fully saturated rings. The van der Waals surface area contributed by atoms with Crippen molar-refractivity contribution in [1.29, 1.82) is 0 Å². The fourth-order valence-electron chi connectivity index (χ4n) is 0.571. The molecule has 1 unspecified atom stereocenters. The molecule has 0 amide bonds. The van der Waals surface area contributed by atoms with Gasteiger partial charge in [0.1, 0.15) is 0 Å². The van der Waals surface area contributed by atoms with E-state index in [1.165, 1.54) is 0 Å². The molecular weight excluding hydrogens is 108 g/mol. The molecule has 1 heterocycles. The lowest BCUT2D eigenvalue weighted by Gasteiger charge is -2.02. The molecule has 1 atom stereocenters. The summed E-state index contributed by atoms with van der Waals surface area (Å²) in [6.45, 7) is 0.646. The van der Waals surface area contributed by atoms with Gasteiger partial charge in [-0.25, -0.2) is 0 Å². The maximum atomic E-state index is 10.3. The van der Waals surface area contributed by atoms with Gasteiger partial charge in [-0.1, -0.05) is 0 Å². The minimum Gasteiger partial charge on any atom is -0.444 e. The van der Waals surface area contributed by atoms with Gasteiger partial charge < -0.3 is 10.5 Å². The van der Waals surface area contributed by atoms with Crippen molar-refractivity contribution in [3.63, 3.8) is 0 Å². The highest BCUT2D eigenvalue weighted by Gasteiger charge is 2.19. The molecule has 4 nitrogen and oxygen atoms in total. The van der Waals surface area contributed by atoms with Gasteiger partial charge in [-0.05, 0) is 0 Å². The van der Waals surface area contributed by atoms with Gasteiger partial charge in [0.05, 0.1) is 6.54 Å². The first-order valence-corrected chi connectivity index (χ1v) is 2.46. The standard InChI is InChI=1S/C4H8N2O2/c5-1-3-6-2-4(7)8-3/h3,6H,1-2,5H2. The van der Waals surface area contributed by atoms with Gasteiger partial charge in [0, 0.05) is 6.54 Å². The van der Waals surface area contributed by atoms with E-state index < -0.39 is 0 Å². The Bertz CT molecular complexity index is 104. The molecule has 0 spiro atoms. The van der Waals surface area contributed by atoms with E-state index in [9.17, 15) is 4.79 Å². The van der Waals surface area contributed by atoms with E-state index >= 15 is 0 Å². The molecule has 1 saturated heterocycles. The van der Waals surface area contributed by atoms with Crippen molar-refractivity contribution in [3.05, 3.63) is 0 Å². The van der Waals surface area contributed by atoms with Crippen LogP contribution >= 0.6 is 0 Å². The largest absolute Gasteiger partial charge is 0.444 e. The Morgan fingerprint density at radius 1 is 2.00 bits per heavy atom. The number of nitrogens with one attached hydrogen (secondary N) is 1. The van der Waals surface area contributed by atoms with E-state index in [0.717, 1.165) is 0 Å². The third kappa shape index (κ3) is 0.962. The maximum Gasteiger partial charge on any atom is 0.321 e. The normalized spacial score (nSPS) is 28.1. The molecule has 0 aromatic carbocycles. The van der Waals surface area contributed by atoms with Crippen molar-refractivity contribution < 1.29 is 9.53 Å². The van der Waals surface area contributed by atoms with Crippen LogP contribution in [0.5, 0.6) is 0 Å². The van der Waals surface area contributed by atoms with Crippen LogP contribution in [-0.2, 0) is 9.53 Å². The average Bonchev–Trinajstić information content (AvgIpc) is 2.14. The zero-order chi connectivity index (χ0) is 5.98. The highest BCUT2D eigenvalue weighted by molar-refractivity contribution is 5.73. The molecule has 0 aromatic heterocycles. The van der Waals surface area contributed by atoms with Gasteiger partial charge in [0.2, 0.25) is 0 Å². The molecule has 3 N–H and O–H groups in total. The van der Waals surface area contributed by atoms with Crippen molar-refractivity contribution in [3.8, 4) is 0 Å². The summed E-state index contributed by atoms with van der Waals surface area (Å²) in [6, 6.07) is 0. The molecule has 0 saturated carbocycles. The van der Waals surface area contributed by atoms with E-state index in [4.69, 9.17) is 5.73 Å². The van der Waals surface area contributed by atoms with Crippen molar-refractivity contribution >= 4 is 5.97 Å². The van der Waals surface area contributed by atoms with Crippen molar-refractivity contribution in [2.45, 2.75) is 6.23 Å². The Balaban J connectivity index is 2.32. The maximum absolute atomic E-state index is 10.3. The van der Waals surface area contributed by atoms with E-state index in [1.54, 1.807) is 0 Å². The highest BCUT2D eigenvalue weighted by atomic mass is 16.6. The van der Waals surface area contributed by atoms with Crippen LogP contribution in [0.15, 0.2) is 0 Å². The minimum absolute atomic E-state index is 0.222. The quantitative estimate of drug-likeness (QED) is 0.406. The molecule has 8 heavy (non-hydrogen) atoms. The van der Waals surface area contributed by atoms with Crippen LogP contribution in [0.3, 0.4) is 0 Å². The average molecular weight is 116 g/mol. The number of rotatable bonds is 1. The molecule has 0 aromatic rings. The minimum atomic E-state index is -0.248. The lowest BCUT2D eigenvalue weighted by atomic mass is 10.6. The Morgan fingerprint density at radius 2 is 2.75 bits per heavy atom. The van der Waals surface area contributed by atoms with Crippen molar-refractivity contribution in [2.75, 3.05) is 13.1 Å². The first-order chi connectivity index (χ1) is 3.83. The molecule has 46 valence electrons. The molecule has 1 aliphatic rings. The van der Waals surface area contributed by atoms with E-state index in [0.29, 0.717) is 13.1 Å². The number of nitrogens with two attached hydrogens (primary N) is 1. The molecule has 0 bridgehead atoms. The predicted molar refractivity (Wildman–Crippen MR) is 26.9 cm³/mol. The number of hydrogen-bond acceptors (Lipinski definition) is 4. The van der Waals surface area contributed by atoms with Crippen molar-refractivity contribution in [1.82, 2.24) is 5.32 Å². The van der Waals surface area contributed by atoms with E-state index in [2.05, 4.69) is 10.1 Å². The summed E-state index contributed by atoms with van der Waals surface area (Å²) >= 11 is 0. The lowest BCUT2D eigenvalue weighted by molar-refractivity contribution is -0.140. The second-order valence-electron chi connectivity index (χ2n) is 1.60. The molecule has 1 rings (SSSR count). The number of cyclic esters (lactones) is 1. The zero-order valence-corrected chi connectivity index (χ0v) is 4.39. The fraction of sp³-hybridized carbons (Fsp3) is 0.750. The van der Waals surface area contributed by atoms with Crippen LogP contribution in [0.2, 0.25) is 0 Å². The topological polar surface area (TPSA) is 64.3 Å². The highest BCUT2D eigenvalue weighted by Crippen LogP contribution is 1.92. The van der Waals surface area contributed by atoms with Gasteiger partial charge in [-0.3, -0.25) is 10.1 Å². The molecule has 1 aliphatic heterocycles. The molecule has 4 heteroatoms. The first kappa shape index (κ1) is 5.53. The first-order valence-electron chi connectivity index (χ1n) is 2.46. The predicted octanol–water partition coefficient (Wildman–Crippen LogP) is -1.58. The fourth-order valence-corrected chi connectivity index (χ4v) is 0.571. The number of esters is 1. The summed E-state index contributed by atoms with van der Waals surface area (Å²) in [4.78, 5) is 10.3. The van der Waals surface area contributed by atoms with Crippen LogP contribution in [0.1, 0.15) is 0 Å². The number of ether oxygens (including phenoxy) is 1. The Morgan fingerprint density at radius 3 is 3.00 bits per heavy atom. The summed E-state index contributed by atoms with van der Waals surface area (Å²) in [5.41, 5.74) is 5.16. The summed E-state index contributed by atoms with van der Waals surface area (Å²) in [5.74, 6) is -0.222. The van der Waals surface area contributed by atoms with Crippen molar-refractivity contribution in [2.24, 2.45) is 5.73 Å². The Labute approximate surface area is 47.0 Å². The lowest BCUT2D eigenvalue weighted by Crippen LogP contribution is -2.30. The second-order valence-corrected chi connectivity index (χ2v) is 1.60. The van der Waals surface area contributed by atoms with Crippen LogP contribution in [0.25, 0.3) is 0 Å². The van der Waals surface area contributed by atoms with Gasteiger partial charge in [-0.15, -0.1) is 0 Å². The molecular formula is C4H8N2O2. The van der Waals surface area contributed by atoms with Crippen LogP contribution < -0.4 is 11.1 Å². The van der Waals surface area contributed by atoms with Crippen LogP contribution in [0, 0.1) is 0 Å². The van der Waals surface area contributed by atoms with E-state index in [-0.39, 0.29) is 12.2 Å². The van der Waals surface area contributed by atoms with Crippen LogP contribution in [0.4, 0.5) is 0 Å². The van der Waals surface area contributed by atoms with Gasteiger partial charge in [0.25, 0.3) is 0 Å². The summed E-state index contributed by atoms with van der Waals surface area (Å²) in [5, 5.41) is 2.76. The molecule has 0 aliphatic carbocycles. The van der Waals surface area contributed by atoms with Crippen LogP contribution in [-0.4, -0.2) is 25.3 Å². The summed E-state index contributed by atoms with van der Waals surface area (Å²) < 4.78 is 4.64. The zero-order valence-electron chi connectivity index (χ0n) is 4.39. The summed E-state index contributed by atoms with van der Waals surface area (Å²) in [6.07, 6.45) is -0.248. The monoisotopic (exact) mass is 116 g/mol. The SMILES string of the molecule is NCC1NCC(=O)O1. The third-order valence-corrected chi connectivity index (χ3v) is 0.962. The third-order valence-electron chi connectivity index (χ3n) is 0.962. The van der Waals surface area contributed by atoms with Gasteiger partial charge in [-0.2, -0.15) is 0 Å². The smallest absolute Gasteiger partial charge is 0.321 e. The van der Waals surface area contributed by atoms with Gasteiger partial charge in [0.15, 0.2) is 6.23 Å². The second kappa shape index (κ2) is 2.11. The van der Waals surface area contributed by atoms with Gasteiger partial charge >= 0.3 is 5.97 Å².